The fourth-order valence-electron chi connectivity index (χ4n) is 4.60. The molecule has 1 N–H and O–H groups in total. The van der Waals surface area contributed by atoms with E-state index in [2.05, 4.69) is 15.1 Å². The lowest BCUT2D eigenvalue weighted by atomic mass is 9.85. The molecule has 2 aliphatic rings. The molecule has 6 rings (SSSR count). The van der Waals surface area contributed by atoms with Gasteiger partial charge in [0.15, 0.2) is 0 Å². The number of likely N-dealkylation sites (tertiary alicyclic amines) is 1. The summed E-state index contributed by atoms with van der Waals surface area (Å²) in [6, 6.07) is 4.07. The minimum atomic E-state index is 0.0780. The van der Waals surface area contributed by atoms with Gasteiger partial charge in [-0.25, -0.2) is 14.5 Å². The molecule has 1 saturated carbocycles. The SMILES string of the molecule is O=C(c1cnn2ccc(-c3c[nH]c4nc(C5CCC5)ncc34)cc12)N1CCCCC1. The summed E-state index contributed by atoms with van der Waals surface area (Å²) in [7, 11) is 0. The van der Waals surface area contributed by atoms with E-state index in [0.717, 1.165) is 59.4 Å². The molecule has 1 amide bonds. The predicted molar refractivity (Wildman–Crippen MR) is 114 cm³/mol. The smallest absolute Gasteiger partial charge is 0.257 e. The molecule has 4 aromatic heterocycles. The maximum absolute atomic E-state index is 13.1. The van der Waals surface area contributed by atoms with Crippen LogP contribution in [0, 0.1) is 0 Å². The minimum Gasteiger partial charge on any atom is -0.345 e. The van der Waals surface area contributed by atoms with Gasteiger partial charge in [-0.1, -0.05) is 6.42 Å². The fraction of sp³-hybridized carbons (Fsp3) is 0.391. The van der Waals surface area contributed by atoms with Crippen molar-refractivity contribution in [3.63, 3.8) is 0 Å². The first-order valence-corrected chi connectivity index (χ1v) is 10.9. The summed E-state index contributed by atoms with van der Waals surface area (Å²) in [5.41, 5.74) is 4.46. The Hall–Kier alpha value is -3.22. The maximum atomic E-state index is 13.1. The van der Waals surface area contributed by atoms with Crippen LogP contribution in [0.2, 0.25) is 0 Å². The summed E-state index contributed by atoms with van der Waals surface area (Å²) in [4.78, 5) is 27.7. The van der Waals surface area contributed by atoms with E-state index >= 15 is 0 Å². The van der Waals surface area contributed by atoms with Gasteiger partial charge >= 0.3 is 0 Å². The van der Waals surface area contributed by atoms with Crippen LogP contribution in [-0.4, -0.2) is 48.5 Å². The van der Waals surface area contributed by atoms with Gasteiger partial charge in [-0.05, 0) is 49.8 Å². The molecule has 1 saturated heterocycles. The standard InChI is InChI=1S/C23H24N6O/c30-23(28-8-2-1-3-9-28)19-14-26-29-10-7-16(11-20(19)29)17-12-25-22-18(17)13-24-21(27-22)15-5-4-6-15/h7,10-15H,1-6,8-9H2,(H,24,25,27). The van der Waals surface area contributed by atoms with Crippen LogP contribution in [0.5, 0.6) is 0 Å². The van der Waals surface area contributed by atoms with Gasteiger partial charge in [-0.3, -0.25) is 4.79 Å². The number of nitrogens with zero attached hydrogens (tertiary/aromatic N) is 5. The normalized spacial score (nSPS) is 17.5. The number of carbonyl (C=O) groups excluding carboxylic acids is 1. The van der Waals surface area contributed by atoms with Crippen molar-refractivity contribution in [2.75, 3.05) is 13.1 Å². The van der Waals surface area contributed by atoms with E-state index in [4.69, 9.17) is 4.98 Å². The topological polar surface area (TPSA) is 79.2 Å². The van der Waals surface area contributed by atoms with E-state index in [1.807, 2.05) is 35.6 Å². The van der Waals surface area contributed by atoms with Gasteiger partial charge in [0, 0.05) is 48.5 Å². The summed E-state index contributed by atoms with van der Waals surface area (Å²) in [5, 5.41) is 5.41. The number of rotatable bonds is 3. The highest BCUT2D eigenvalue weighted by Crippen LogP contribution is 2.36. The van der Waals surface area contributed by atoms with Crippen molar-refractivity contribution in [3.05, 3.63) is 48.3 Å². The summed E-state index contributed by atoms with van der Waals surface area (Å²) in [6.07, 6.45) is 14.5. The Morgan fingerprint density at radius 1 is 1.10 bits per heavy atom. The van der Waals surface area contributed by atoms with Crippen LogP contribution in [0.15, 0.2) is 36.9 Å². The third-order valence-electron chi connectivity index (χ3n) is 6.63. The van der Waals surface area contributed by atoms with Gasteiger partial charge in [0.2, 0.25) is 0 Å². The van der Waals surface area contributed by atoms with Gasteiger partial charge in [-0.15, -0.1) is 0 Å². The van der Waals surface area contributed by atoms with Gasteiger partial charge in [-0.2, -0.15) is 5.10 Å². The minimum absolute atomic E-state index is 0.0780. The summed E-state index contributed by atoms with van der Waals surface area (Å²) >= 11 is 0. The van der Waals surface area contributed by atoms with E-state index in [-0.39, 0.29) is 5.91 Å². The van der Waals surface area contributed by atoms with E-state index in [1.165, 1.54) is 25.7 Å². The van der Waals surface area contributed by atoms with Gasteiger partial charge in [0.1, 0.15) is 11.5 Å². The van der Waals surface area contributed by atoms with Crippen LogP contribution in [0.4, 0.5) is 0 Å². The average Bonchev–Trinajstić information content (AvgIpc) is 3.36. The van der Waals surface area contributed by atoms with Crippen molar-refractivity contribution in [2.24, 2.45) is 0 Å². The van der Waals surface area contributed by atoms with Crippen LogP contribution in [0.1, 0.15) is 60.6 Å². The van der Waals surface area contributed by atoms with Crippen molar-refractivity contribution in [1.29, 1.82) is 0 Å². The Balaban J connectivity index is 1.39. The van der Waals surface area contributed by atoms with Crippen molar-refractivity contribution in [2.45, 2.75) is 44.4 Å². The summed E-state index contributed by atoms with van der Waals surface area (Å²) in [5.74, 6) is 1.53. The number of aromatic amines is 1. The molecule has 30 heavy (non-hydrogen) atoms. The molecule has 0 unspecified atom stereocenters. The maximum Gasteiger partial charge on any atom is 0.257 e. The second-order valence-corrected chi connectivity index (χ2v) is 8.48. The molecule has 7 nitrogen and oxygen atoms in total. The zero-order valence-corrected chi connectivity index (χ0v) is 16.8. The number of nitrogens with one attached hydrogen (secondary N) is 1. The number of H-pyrrole nitrogens is 1. The lowest BCUT2D eigenvalue weighted by Crippen LogP contribution is -2.35. The van der Waals surface area contributed by atoms with Crippen molar-refractivity contribution < 1.29 is 4.79 Å². The molecule has 4 aromatic rings. The molecule has 1 aliphatic heterocycles. The highest BCUT2D eigenvalue weighted by Gasteiger charge is 2.24. The first-order valence-electron chi connectivity index (χ1n) is 10.9. The van der Waals surface area contributed by atoms with E-state index < -0.39 is 0 Å². The Labute approximate surface area is 174 Å². The molecule has 5 heterocycles. The summed E-state index contributed by atoms with van der Waals surface area (Å²) < 4.78 is 1.78. The fourth-order valence-corrected chi connectivity index (χ4v) is 4.60. The molecule has 0 spiro atoms. The highest BCUT2D eigenvalue weighted by molar-refractivity contribution is 6.02. The van der Waals surface area contributed by atoms with Crippen LogP contribution in [0.3, 0.4) is 0 Å². The number of amides is 1. The second-order valence-electron chi connectivity index (χ2n) is 8.48. The van der Waals surface area contributed by atoms with E-state index in [0.29, 0.717) is 11.5 Å². The number of hydrogen-bond donors (Lipinski definition) is 1. The number of pyridine rings is 1. The van der Waals surface area contributed by atoms with Crippen LogP contribution < -0.4 is 0 Å². The van der Waals surface area contributed by atoms with Crippen molar-refractivity contribution >= 4 is 22.5 Å². The molecule has 152 valence electrons. The number of fused-ring (bicyclic) bond motifs is 2. The third kappa shape index (κ3) is 2.80. The van der Waals surface area contributed by atoms with Crippen LogP contribution in [-0.2, 0) is 0 Å². The molecular formula is C23H24N6O. The zero-order chi connectivity index (χ0) is 20.1. The summed E-state index contributed by atoms with van der Waals surface area (Å²) in [6.45, 7) is 1.66. The van der Waals surface area contributed by atoms with E-state index in [1.54, 1.807) is 10.7 Å². The Kier molecular flexibility index (Phi) is 4.07. The molecule has 0 aromatic carbocycles. The van der Waals surface area contributed by atoms with Crippen molar-refractivity contribution in [1.82, 2.24) is 29.5 Å². The monoisotopic (exact) mass is 400 g/mol. The molecule has 0 atom stereocenters. The van der Waals surface area contributed by atoms with Crippen molar-refractivity contribution in [3.8, 4) is 11.1 Å². The lowest BCUT2D eigenvalue weighted by Gasteiger charge is -2.26. The molecule has 0 bridgehead atoms. The Morgan fingerprint density at radius 2 is 1.97 bits per heavy atom. The molecular weight excluding hydrogens is 376 g/mol. The largest absolute Gasteiger partial charge is 0.345 e. The van der Waals surface area contributed by atoms with Gasteiger partial charge in [0.05, 0.1) is 17.3 Å². The van der Waals surface area contributed by atoms with Gasteiger partial charge in [0.25, 0.3) is 5.91 Å². The lowest BCUT2D eigenvalue weighted by molar-refractivity contribution is 0.0726. The third-order valence-corrected chi connectivity index (χ3v) is 6.63. The van der Waals surface area contributed by atoms with Gasteiger partial charge < -0.3 is 9.88 Å². The molecule has 1 aliphatic carbocycles. The number of piperidine rings is 1. The quantitative estimate of drug-likeness (QED) is 0.560. The number of aromatic nitrogens is 5. The molecule has 7 heteroatoms. The second kappa shape index (κ2) is 6.93. The number of carbonyl (C=O) groups is 1. The predicted octanol–water partition coefficient (Wildman–Crippen LogP) is 4.17. The number of hydrogen-bond acceptors (Lipinski definition) is 4. The van der Waals surface area contributed by atoms with E-state index in [9.17, 15) is 4.79 Å². The first kappa shape index (κ1) is 17.6. The first-order chi connectivity index (χ1) is 14.8. The highest BCUT2D eigenvalue weighted by atomic mass is 16.2. The average molecular weight is 400 g/mol. The zero-order valence-electron chi connectivity index (χ0n) is 16.8. The Bertz CT molecular complexity index is 1250. The molecule has 2 fully saturated rings. The molecule has 0 radical (unpaired) electrons. The Morgan fingerprint density at radius 3 is 2.77 bits per heavy atom. The van der Waals surface area contributed by atoms with Crippen LogP contribution in [0.25, 0.3) is 27.7 Å². The van der Waals surface area contributed by atoms with Crippen LogP contribution >= 0.6 is 0 Å².